The van der Waals surface area contributed by atoms with Gasteiger partial charge in [-0.2, -0.15) is 0 Å². The summed E-state index contributed by atoms with van der Waals surface area (Å²) in [6.45, 7) is 1.27. The number of carbonyl (C=O) groups excluding carboxylic acids is 2. The van der Waals surface area contributed by atoms with Crippen LogP contribution >= 0.6 is 0 Å². The molecule has 0 saturated heterocycles. The molecule has 1 N–H and O–H groups in total. The van der Waals surface area contributed by atoms with Crippen LogP contribution in [0.15, 0.2) is 29.3 Å². The molecule has 3 amide bonds. The maximum absolute atomic E-state index is 12.8. The van der Waals surface area contributed by atoms with Gasteiger partial charge < -0.3 is 5.32 Å². The number of para-hydroxylation sites is 1. The molecule has 0 spiro atoms. The lowest BCUT2D eigenvalue weighted by Gasteiger charge is -2.35. The maximum Gasteiger partial charge on any atom is 0.330 e. The first-order valence-electron chi connectivity index (χ1n) is 8.76. The van der Waals surface area contributed by atoms with Crippen molar-refractivity contribution in [3.63, 3.8) is 0 Å². The average Bonchev–Trinajstić information content (AvgIpc) is 3.10. The minimum atomic E-state index is -0.149. The van der Waals surface area contributed by atoms with Crippen molar-refractivity contribution in [1.82, 2.24) is 10.2 Å². The Balaban J connectivity index is 1.54. The largest absolute Gasteiger partial charge is 0.352 e. The third-order valence-corrected chi connectivity index (χ3v) is 5.01. The van der Waals surface area contributed by atoms with Crippen LogP contribution in [-0.2, 0) is 4.79 Å². The second kappa shape index (κ2) is 6.26. The molecule has 1 aliphatic carbocycles. The fourth-order valence-electron chi connectivity index (χ4n) is 3.83. The van der Waals surface area contributed by atoms with Crippen molar-refractivity contribution >= 4 is 23.5 Å². The molecular weight excluding hydrogens is 304 g/mol. The van der Waals surface area contributed by atoms with E-state index in [1.54, 1.807) is 9.80 Å². The lowest BCUT2D eigenvalue weighted by atomic mass is 9.95. The average molecular weight is 326 g/mol. The number of hydrogen-bond donors (Lipinski definition) is 1. The van der Waals surface area contributed by atoms with Gasteiger partial charge in [0.1, 0.15) is 12.4 Å². The van der Waals surface area contributed by atoms with Gasteiger partial charge in [-0.15, -0.1) is 0 Å². The lowest BCUT2D eigenvalue weighted by Crippen LogP contribution is -2.53. The molecule has 1 aromatic carbocycles. The highest BCUT2D eigenvalue weighted by atomic mass is 16.2. The van der Waals surface area contributed by atoms with E-state index < -0.39 is 0 Å². The van der Waals surface area contributed by atoms with Crippen molar-refractivity contribution in [3.05, 3.63) is 29.8 Å². The lowest BCUT2D eigenvalue weighted by molar-refractivity contribution is -0.120. The van der Waals surface area contributed by atoms with E-state index in [2.05, 4.69) is 10.3 Å². The van der Waals surface area contributed by atoms with Crippen molar-refractivity contribution in [2.24, 2.45) is 4.99 Å². The second-order valence-corrected chi connectivity index (χ2v) is 6.65. The molecule has 1 saturated carbocycles. The summed E-state index contributed by atoms with van der Waals surface area (Å²) < 4.78 is 0. The number of nitrogens with one attached hydrogen (secondary N) is 1. The molecular formula is C18H22N4O2. The predicted octanol–water partition coefficient (Wildman–Crippen LogP) is 2.14. The molecule has 24 heavy (non-hydrogen) atoms. The highest BCUT2D eigenvalue weighted by Gasteiger charge is 2.37. The van der Waals surface area contributed by atoms with Gasteiger partial charge in [0.15, 0.2) is 0 Å². The van der Waals surface area contributed by atoms with Crippen molar-refractivity contribution in [3.8, 4) is 0 Å². The molecule has 126 valence electrons. The van der Waals surface area contributed by atoms with Crippen molar-refractivity contribution < 1.29 is 9.59 Å². The topological polar surface area (TPSA) is 65.0 Å². The number of carbonyl (C=O) groups is 2. The maximum atomic E-state index is 12.8. The Labute approximate surface area is 141 Å². The Kier molecular flexibility index (Phi) is 3.96. The molecule has 2 heterocycles. The molecule has 4 rings (SSSR count). The number of nitrogens with zero attached hydrogens (tertiary/aromatic N) is 3. The number of hydrogen-bond acceptors (Lipinski definition) is 3. The molecule has 6 nitrogen and oxygen atoms in total. The molecule has 0 aromatic heterocycles. The van der Waals surface area contributed by atoms with Crippen LogP contribution in [-0.4, -0.2) is 48.3 Å². The molecule has 0 radical (unpaired) electrons. The van der Waals surface area contributed by atoms with Gasteiger partial charge in [0.05, 0.1) is 12.2 Å². The van der Waals surface area contributed by atoms with Crippen LogP contribution in [0, 0.1) is 0 Å². The molecule has 0 unspecified atom stereocenters. The quantitative estimate of drug-likeness (QED) is 0.925. The van der Waals surface area contributed by atoms with Crippen LogP contribution in [0.1, 0.15) is 37.7 Å². The van der Waals surface area contributed by atoms with Gasteiger partial charge in [0.25, 0.3) is 0 Å². The van der Waals surface area contributed by atoms with E-state index in [1.807, 2.05) is 24.3 Å². The number of urea groups is 1. The van der Waals surface area contributed by atoms with Gasteiger partial charge >= 0.3 is 6.03 Å². The number of amides is 3. The van der Waals surface area contributed by atoms with Crippen molar-refractivity contribution in [1.29, 1.82) is 0 Å². The molecule has 0 bridgehead atoms. The van der Waals surface area contributed by atoms with Crippen molar-refractivity contribution in [2.45, 2.75) is 38.1 Å². The summed E-state index contributed by atoms with van der Waals surface area (Å²) in [5.74, 6) is 0.657. The number of fused-ring (bicyclic) bond motifs is 3. The third-order valence-electron chi connectivity index (χ3n) is 5.01. The number of rotatable bonds is 3. The minimum absolute atomic E-state index is 0.0656. The normalized spacial score (nSPS) is 20.5. The summed E-state index contributed by atoms with van der Waals surface area (Å²) in [7, 11) is 0. The van der Waals surface area contributed by atoms with E-state index in [9.17, 15) is 9.59 Å². The van der Waals surface area contributed by atoms with Crippen LogP contribution in [0.5, 0.6) is 0 Å². The molecule has 3 aliphatic rings. The third kappa shape index (κ3) is 2.66. The fraction of sp³-hybridized carbons (Fsp3) is 0.500. The van der Waals surface area contributed by atoms with Crippen molar-refractivity contribution in [2.75, 3.05) is 24.5 Å². The summed E-state index contributed by atoms with van der Waals surface area (Å²) in [6.07, 6.45) is 5.67. The summed E-state index contributed by atoms with van der Waals surface area (Å²) in [6, 6.07) is 7.79. The number of anilines is 1. The highest BCUT2D eigenvalue weighted by molar-refractivity contribution is 6.20. The summed E-state index contributed by atoms with van der Waals surface area (Å²) in [4.78, 5) is 33.0. The Hall–Kier alpha value is -2.37. The fourth-order valence-corrected chi connectivity index (χ4v) is 3.83. The standard InChI is InChI=1S/C18H22N4O2/c23-16(20-13-6-2-1-3-7-13)12-22-15-9-5-4-8-14(15)17-19-10-11-21(17)18(22)24/h4-5,8-9,13H,1-3,6-7,10-12H2,(H,20,23). The van der Waals surface area contributed by atoms with Gasteiger partial charge in [-0.3, -0.25) is 19.6 Å². The highest BCUT2D eigenvalue weighted by Crippen LogP contribution is 2.30. The summed E-state index contributed by atoms with van der Waals surface area (Å²) in [5.41, 5.74) is 1.71. The zero-order valence-corrected chi connectivity index (χ0v) is 13.7. The molecule has 1 fully saturated rings. The molecule has 1 aromatic rings. The summed E-state index contributed by atoms with van der Waals surface area (Å²) >= 11 is 0. The van der Waals surface area contributed by atoms with E-state index in [0.717, 1.165) is 29.9 Å². The van der Waals surface area contributed by atoms with Crippen LogP contribution in [0.2, 0.25) is 0 Å². The second-order valence-electron chi connectivity index (χ2n) is 6.65. The zero-order chi connectivity index (χ0) is 16.5. The Morgan fingerprint density at radius 1 is 1.21 bits per heavy atom. The van der Waals surface area contributed by atoms with Crippen LogP contribution in [0.25, 0.3) is 0 Å². The first kappa shape index (κ1) is 15.2. The van der Waals surface area contributed by atoms with E-state index >= 15 is 0 Å². The van der Waals surface area contributed by atoms with Crippen LogP contribution in [0.3, 0.4) is 0 Å². The first-order chi connectivity index (χ1) is 11.7. The predicted molar refractivity (Wildman–Crippen MR) is 92.3 cm³/mol. The number of benzene rings is 1. The van der Waals surface area contributed by atoms with E-state index in [1.165, 1.54) is 19.3 Å². The first-order valence-corrected chi connectivity index (χ1v) is 8.76. The summed E-state index contributed by atoms with van der Waals surface area (Å²) in [5, 5.41) is 3.10. The van der Waals surface area contributed by atoms with Gasteiger partial charge in [0, 0.05) is 18.2 Å². The Bertz CT molecular complexity index is 694. The van der Waals surface area contributed by atoms with Crippen LogP contribution in [0.4, 0.5) is 10.5 Å². The molecule has 6 heteroatoms. The van der Waals surface area contributed by atoms with Gasteiger partial charge in [-0.1, -0.05) is 31.4 Å². The van der Waals surface area contributed by atoms with E-state index in [-0.39, 0.29) is 24.5 Å². The van der Waals surface area contributed by atoms with Gasteiger partial charge in [-0.25, -0.2) is 4.79 Å². The van der Waals surface area contributed by atoms with E-state index in [0.29, 0.717) is 13.1 Å². The smallest absolute Gasteiger partial charge is 0.330 e. The van der Waals surface area contributed by atoms with Crippen LogP contribution < -0.4 is 10.2 Å². The Morgan fingerprint density at radius 2 is 2.00 bits per heavy atom. The zero-order valence-electron chi connectivity index (χ0n) is 13.7. The number of aliphatic imine (C=N–C) groups is 1. The van der Waals surface area contributed by atoms with Gasteiger partial charge in [0.2, 0.25) is 5.91 Å². The Morgan fingerprint density at radius 3 is 2.83 bits per heavy atom. The SMILES string of the molecule is O=C(CN1C(=O)N2CCN=C2c2ccccc21)NC1CCCCC1. The monoisotopic (exact) mass is 326 g/mol. The number of amidine groups is 1. The molecule has 0 atom stereocenters. The minimum Gasteiger partial charge on any atom is -0.352 e. The molecule has 2 aliphatic heterocycles. The van der Waals surface area contributed by atoms with Gasteiger partial charge in [-0.05, 0) is 25.0 Å². The van der Waals surface area contributed by atoms with E-state index in [4.69, 9.17) is 0 Å².